The van der Waals surface area contributed by atoms with E-state index in [1.165, 1.54) is 6.07 Å². The van der Waals surface area contributed by atoms with E-state index in [0.29, 0.717) is 10.0 Å². The largest absolute Gasteiger partial charge is 0.443 e. The zero-order valence-electron chi connectivity index (χ0n) is 11.7. The van der Waals surface area contributed by atoms with Gasteiger partial charge < -0.3 is 4.74 Å². The van der Waals surface area contributed by atoms with Gasteiger partial charge in [0, 0.05) is 4.47 Å². The third kappa shape index (κ3) is 5.10. The van der Waals surface area contributed by atoms with Gasteiger partial charge in [0.25, 0.3) is 10.0 Å². The molecule has 0 fully saturated rings. The molecular formula is C12H17BrN2O4S. The third-order valence-corrected chi connectivity index (χ3v) is 4.01. The highest BCUT2D eigenvalue weighted by Gasteiger charge is 2.21. The average Bonchev–Trinajstić information content (AvgIpc) is 2.27. The summed E-state index contributed by atoms with van der Waals surface area (Å²) in [6.45, 7) is 6.70. The molecule has 1 rings (SSSR count). The molecule has 0 aliphatic heterocycles. The molecule has 2 N–H and O–H groups in total. The lowest BCUT2D eigenvalue weighted by atomic mass is 10.2. The Labute approximate surface area is 127 Å². The topological polar surface area (TPSA) is 84.5 Å². The van der Waals surface area contributed by atoms with Gasteiger partial charge >= 0.3 is 6.09 Å². The van der Waals surface area contributed by atoms with Crippen LogP contribution < -0.4 is 10.3 Å². The van der Waals surface area contributed by atoms with E-state index in [9.17, 15) is 13.2 Å². The maximum atomic E-state index is 12.1. The number of hydrogen-bond acceptors (Lipinski definition) is 4. The molecule has 0 unspecified atom stereocenters. The Morgan fingerprint density at radius 3 is 2.45 bits per heavy atom. The summed E-state index contributed by atoms with van der Waals surface area (Å²) in [4.78, 5) is 13.5. The fourth-order valence-electron chi connectivity index (χ4n) is 1.33. The molecule has 8 heteroatoms. The molecule has 0 atom stereocenters. The SMILES string of the molecule is Cc1ccc(Br)cc1S(=O)(=O)NNC(=O)OC(C)(C)C. The monoisotopic (exact) mass is 364 g/mol. The Hall–Kier alpha value is -1.12. The second-order valence-corrected chi connectivity index (χ2v) is 7.71. The van der Waals surface area contributed by atoms with Crippen LogP contribution in [0.4, 0.5) is 4.79 Å². The van der Waals surface area contributed by atoms with Crippen molar-refractivity contribution >= 4 is 32.0 Å². The van der Waals surface area contributed by atoms with Crippen LogP contribution >= 0.6 is 15.9 Å². The molecule has 0 saturated heterocycles. The van der Waals surface area contributed by atoms with E-state index in [0.717, 1.165) is 0 Å². The zero-order chi connectivity index (χ0) is 15.6. The Kier molecular flexibility index (Phi) is 5.17. The van der Waals surface area contributed by atoms with Gasteiger partial charge in [0.05, 0.1) is 4.90 Å². The first-order chi connectivity index (χ1) is 9.01. The van der Waals surface area contributed by atoms with Crippen molar-refractivity contribution in [2.45, 2.75) is 38.2 Å². The van der Waals surface area contributed by atoms with E-state index in [1.807, 2.05) is 10.3 Å². The molecule has 0 spiro atoms. The van der Waals surface area contributed by atoms with E-state index in [2.05, 4.69) is 15.9 Å². The highest BCUT2D eigenvalue weighted by molar-refractivity contribution is 9.10. The minimum atomic E-state index is -3.86. The van der Waals surface area contributed by atoms with Crippen LogP contribution in [-0.2, 0) is 14.8 Å². The minimum Gasteiger partial charge on any atom is -0.443 e. The van der Waals surface area contributed by atoms with E-state index in [1.54, 1.807) is 39.8 Å². The van der Waals surface area contributed by atoms with Crippen molar-refractivity contribution in [3.8, 4) is 0 Å². The molecule has 0 bridgehead atoms. The molecule has 0 radical (unpaired) electrons. The highest BCUT2D eigenvalue weighted by Crippen LogP contribution is 2.20. The first kappa shape index (κ1) is 16.9. The van der Waals surface area contributed by atoms with Gasteiger partial charge in [0.15, 0.2) is 0 Å². The maximum Gasteiger partial charge on any atom is 0.423 e. The number of ether oxygens (including phenoxy) is 1. The molecule has 6 nitrogen and oxygen atoms in total. The number of carbonyl (C=O) groups is 1. The van der Waals surface area contributed by atoms with Gasteiger partial charge in [-0.1, -0.05) is 22.0 Å². The number of amides is 1. The summed E-state index contributed by atoms with van der Waals surface area (Å²) in [6.07, 6.45) is -0.867. The number of aryl methyl sites for hydroxylation is 1. The summed E-state index contributed by atoms with van der Waals surface area (Å²) in [7, 11) is -3.86. The molecule has 0 aliphatic carbocycles. The maximum absolute atomic E-state index is 12.1. The Bertz CT molecular complexity index is 608. The van der Waals surface area contributed by atoms with Crippen LogP contribution in [0.1, 0.15) is 26.3 Å². The van der Waals surface area contributed by atoms with Crippen LogP contribution in [0.25, 0.3) is 0 Å². The lowest BCUT2D eigenvalue weighted by Gasteiger charge is -2.20. The second-order valence-electron chi connectivity index (χ2n) is 5.14. The standard InChI is InChI=1S/C12H17BrN2O4S/c1-8-5-6-9(13)7-10(8)20(17,18)15-14-11(16)19-12(2,3)4/h5-7,15H,1-4H3,(H,14,16). The molecule has 1 aromatic rings. The molecule has 0 heterocycles. The summed E-state index contributed by atoms with van der Waals surface area (Å²) in [5.74, 6) is 0. The summed E-state index contributed by atoms with van der Waals surface area (Å²) >= 11 is 3.20. The van der Waals surface area contributed by atoms with Crippen LogP contribution in [0, 0.1) is 6.92 Å². The van der Waals surface area contributed by atoms with Crippen molar-refractivity contribution in [1.82, 2.24) is 10.3 Å². The van der Waals surface area contributed by atoms with Crippen LogP contribution in [-0.4, -0.2) is 20.1 Å². The Morgan fingerprint density at radius 2 is 1.90 bits per heavy atom. The molecule has 0 saturated carbocycles. The van der Waals surface area contributed by atoms with Crippen molar-refractivity contribution in [3.63, 3.8) is 0 Å². The number of halogens is 1. The summed E-state index contributed by atoms with van der Waals surface area (Å²) < 4.78 is 29.7. The normalized spacial score (nSPS) is 12.1. The van der Waals surface area contributed by atoms with Crippen molar-refractivity contribution in [2.24, 2.45) is 0 Å². The first-order valence-electron chi connectivity index (χ1n) is 5.78. The quantitative estimate of drug-likeness (QED) is 0.806. The Balaban J connectivity index is 2.81. The van der Waals surface area contributed by atoms with Crippen molar-refractivity contribution < 1.29 is 17.9 Å². The first-order valence-corrected chi connectivity index (χ1v) is 8.06. The molecule has 0 aromatic heterocycles. The predicted octanol–water partition coefficient (Wildman–Crippen LogP) is 2.48. The number of sulfonamides is 1. The predicted molar refractivity (Wildman–Crippen MR) is 78.6 cm³/mol. The zero-order valence-corrected chi connectivity index (χ0v) is 14.1. The van der Waals surface area contributed by atoms with Gasteiger partial charge in [-0.3, -0.25) is 0 Å². The van der Waals surface area contributed by atoms with Crippen molar-refractivity contribution in [2.75, 3.05) is 0 Å². The number of nitrogens with one attached hydrogen (secondary N) is 2. The van der Waals surface area contributed by atoms with Crippen LogP contribution in [0.5, 0.6) is 0 Å². The minimum absolute atomic E-state index is 0.0722. The van der Waals surface area contributed by atoms with Crippen molar-refractivity contribution in [1.29, 1.82) is 0 Å². The lowest BCUT2D eigenvalue weighted by Crippen LogP contribution is -2.44. The number of rotatable bonds is 3. The molecule has 1 amide bonds. The molecule has 1 aromatic carbocycles. The van der Waals surface area contributed by atoms with Gasteiger partial charge in [-0.05, 0) is 45.4 Å². The summed E-state index contributed by atoms with van der Waals surface area (Å²) in [5, 5.41) is 0. The summed E-state index contributed by atoms with van der Waals surface area (Å²) in [6, 6.07) is 4.84. The summed E-state index contributed by atoms with van der Waals surface area (Å²) in [5.41, 5.74) is 1.86. The van der Waals surface area contributed by atoms with Crippen LogP contribution in [0.15, 0.2) is 27.6 Å². The molecular weight excluding hydrogens is 348 g/mol. The third-order valence-electron chi connectivity index (χ3n) is 2.13. The number of benzene rings is 1. The fourth-order valence-corrected chi connectivity index (χ4v) is 2.95. The molecule has 0 aliphatic rings. The average molecular weight is 365 g/mol. The van der Waals surface area contributed by atoms with Crippen LogP contribution in [0.3, 0.4) is 0 Å². The highest BCUT2D eigenvalue weighted by atomic mass is 79.9. The Morgan fingerprint density at radius 1 is 1.30 bits per heavy atom. The van der Waals surface area contributed by atoms with Gasteiger partial charge in [0.1, 0.15) is 5.60 Å². The van der Waals surface area contributed by atoms with Gasteiger partial charge in [0.2, 0.25) is 0 Å². The number of hydrazine groups is 1. The van der Waals surface area contributed by atoms with Crippen LogP contribution in [0.2, 0.25) is 0 Å². The fraction of sp³-hybridized carbons (Fsp3) is 0.417. The number of carbonyl (C=O) groups excluding carboxylic acids is 1. The van der Waals surface area contributed by atoms with Crippen molar-refractivity contribution in [3.05, 3.63) is 28.2 Å². The van der Waals surface area contributed by atoms with Gasteiger partial charge in [-0.25, -0.2) is 18.6 Å². The lowest BCUT2D eigenvalue weighted by molar-refractivity contribution is 0.0515. The number of hydrogen-bond donors (Lipinski definition) is 2. The van der Waals surface area contributed by atoms with Gasteiger partial charge in [-0.2, -0.15) is 0 Å². The molecule has 20 heavy (non-hydrogen) atoms. The van der Waals surface area contributed by atoms with Gasteiger partial charge in [-0.15, -0.1) is 4.83 Å². The smallest absolute Gasteiger partial charge is 0.423 e. The van der Waals surface area contributed by atoms with E-state index in [-0.39, 0.29) is 4.90 Å². The van der Waals surface area contributed by atoms with E-state index < -0.39 is 21.7 Å². The van der Waals surface area contributed by atoms with E-state index in [4.69, 9.17) is 4.74 Å². The second kappa shape index (κ2) is 6.11. The van der Waals surface area contributed by atoms with E-state index >= 15 is 0 Å². The molecule has 112 valence electrons.